The van der Waals surface area contributed by atoms with Crippen LogP contribution in [0.15, 0.2) is 0 Å². The van der Waals surface area contributed by atoms with Crippen molar-refractivity contribution in [1.82, 2.24) is 0 Å². The predicted molar refractivity (Wildman–Crippen MR) is 45.7 cm³/mol. The summed E-state index contributed by atoms with van der Waals surface area (Å²) in [5, 5.41) is 9.11. The van der Waals surface area contributed by atoms with Gasteiger partial charge in [-0.05, 0) is 0 Å². The van der Waals surface area contributed by atoms with Gasteiger partial charge >= 0.3 is 0 Å². The van der Waals surface area contributed by atoms with E-state index in [0.29, 0.717) is 13.2 Å². The van der Waals surface area contributed by atoms with E-state index < -0.39 is 6.10 Å². The summed E-state index contributed by atoms with van der Waals surface area (Å²) in [4.78, 5) is 0. The zero-order chi connectivity index (χ0) is 9.40. The van der Waals surface area contributed by atoms with Gasteiger partial charge in [-0.25, -0.2) is 0 Å². The molecular formula is C7H18N2O3. The van der Waals surface area contributed by atoms with Crippen LogP contribution in [0, 0.1) is 0 Å². The Morgan fingerprint density at radius 3 is 2.50 bits per heavy atom. The molecule has 0 fully saturated rings. The Labute approximate surface area is 72.6 Å². The van der Waals surface area contributed by atoms with Gasteiger partial charge in [0.15, 0.2) is 0 Å². The van der Waals surface area contributed by atoms with Crippen molar-refractivity contribution in [2.24, 2.45) is 11.5 Å². The van der Waals surface area contributed by atoms with E-state index in [1.54, 1.807) is 0 Å². The molecule has 5 N–H and O–H groups in total. The molecule has 0 aliphatic carbocycles. The molecule has 0 spiro atoms. The number of rotatable bonds is 7. The lowest BCUT2D eigenvalue weighted by Crippen LogP contribution is -2.35. The fourth-order valence-electron chi connectivity index (χ4n) is 0.664. The molecule has 2 atom stereocenters. The van der Waals surface area contributed by atoms with Gasteiger partial charge < -0.3 is 26.0 Å². The average molecular weight is 178 g/mol. The fraction of sp³-hybridized carbons (Fsp3) is 1.00. The van der Waals surface area contributed by atoms with Crippen LogP contribution in [0.4, 0.5) is 0 Å². The summed E-state index contributed by atoms with van der Waals surface area (Å²) in [5.41, 5.74) is 10.7. The van der Waals surface area contributed by atoms with Gasteiger partial charge in [-0.15, -0.1) is 0 Å². The van der Waals surface area contributed by atoms with Crippen LogP contribution in [0.5, 0.6) is 0 Å². The highest BCUT2D eigenvalue weighted by Crippen LogP contribution is 1.87. The second-order valence-corrected chi connectivity index (χ2v) is 2.64. The molecule has 2 unspecified atom stereocenters. The molecule has 5 heteroatoms. The molecule has 0 aromatic heterocycles. The maximum Gasteiger partial charge on any atom is 0.101 e. The smallest absolute Gasteiger partial charge is 0.101 e. The lowest BCUT2D eigenvalue weighted by Gasteiger charge is -2.12. The Morgan fingerprint density at radius 2 is 2.00 bits per heavy atom. The van der Waals surface area contributed by atoms with Gasteiger partial charge in [-0.3, -0.25) is 0 Å². The summed E-state index contributed by atoms with van der Waals surface area (Å²) in [7, 11) is 1.52. The van der Waals surface area contributed by atoms with Crippen LogP contribution >= 0.6 is 0 Å². The summed E-state index contributed by atoms with van der Waals surface area (Å²) in [6.07, 6.45) is -0.583. The number of aliphatic hydroxyl groups excluding tert-OH is 1. The SMILES string of the molecule is COCC(O)COCC(N)CN. The van der Waals surface area contributed by atoms with Gasteiger partial charge in [-0.1, -0.05) is 0 Å². The zero-order valence-corrected chi connectivity index (χ0v) is 7.40. The second-order valence-electron chi connectivity index (χ2n) is 2.64. The first-order chi connectivity index (χ1) is 5.70. The van der Waals surface area contributed by atoms with Crippen molar-refractivity contribution in [3.8, 4) is 0 Å². The molecule has 74 valence electrons. The quantitative estimate of drug-likeness (QED) is 0.432. The number of ether oxygens (including phenoxy) is 2. The zero-order valence-electron chi connectivity index (χ0n) is 7.40. The Morgan fingerprint density at radius 1 is 1.33 bits per heavy atom. The highest BCUT2D eigenvalue weighted by atomic mass is 16.5. The number of hydrogen-bond donors (Lipinski definition) is 3. The molecule has 0 heterocycles. The number of methoxy groups -OCH3 is 1. The topological polar surface area (TPSA) is 90.7 Å². The fourth-order valence-corrected chi connectivity index (χ4v) is 0.664. The summed E-state index contributed by atoms with van der Waals surface area (Å²) in [6.45, 7) is 1.27. The molecular weight excluding hydrogens is 160 g/mol. The Kier molecular flexibility index (Phi) is 7.33. The van der Waals surface area contributed by atoms with E-state index in [1.165, 1.54) is 7.11 Å². The van der Waals surface area contributed by atoms with Gasteiger partial charge in [0.05, 0.1) is 19.8 Å². The van der Waals surface area contributed by atoms with Crippen molar-refractivity contribution in [2.75, 3.05) is 33.5 Å². The van der Waals surface area contributed by atoms with E-state index in [4.69, 9.17) is 26.0 Å². The largest absolute Gasteiger partial charge is 0.388 e. The monoisotopic (exact) mass is 178 g/mol. The van der Waals surface area contributed by atoms with E-state index in [0.717, 1.165) is 0 Å². The van der Waals surface area contributed by atoms with Gasteiger partial charge in [0.25, 0.3) is 0 Å². The van der Waals surface area contributed by atoms with Crippen molar-refractivity contribution in [3.63, 3.8) is 0 Å². The van der Waals surface area contributed by atoms with Crippen LogP contribution in [0.25, 0.3) is 0 Å². The third kappa shape index (κ3) is 6.51. The van der Waals surface area contributed by atoms with Gasteiger partial charge in [0, 0.05) is 19.7 Å². The highest BCUT2D eigenvalue weighted by molar-refractivity contribution is 4.60. The van der Waals surface area contributed by atoms with Gasteiger partial charge in [-0.2, -0.15) is 0 Å². The van der Waals surface area contributed by atoms with Crippen molar-refractivity contribution in [3.05, 3.63) is 0 Å². The lowest BCUT2D eigenvalue weighted by molar-refractivity contribution is -0.00866. The minimum Gasteiger partial charge on any atom is -0.388 e. The normalized spacial score (nSPS) is 16.0. The van der Waals surface area contributed by atoms with E-state index in [9.17, 15) is 0 Å². The lowest BCUT2D eigenvalue weighted by atomic mass is 10.3. The van der Waals surface area contributed by atoms with Crippen LogP contribution in [-0.4, -0.2) is 50.7 Å². The van der Waals surface area contributed by atoms with Crippen molar-refractivity contribution in [2.45, 2.75) is 12.1 Å². The summed E-state index contributed by atoms with van der Waals surface area (Å²) >= 11 is 0. The predicted octanol–water partition coefficient (Wildman–Crippen LogP) is -1.70. The Balaban J connectivity index is 3.18. The molecule has 0 radical (unpaired) electrons. The van der Waals surface area contributed by atoms with Crippen molar-refractivity contribution < 1.29 is 14.6 Å². The van der Waals surface area contributed by atoms with Crippen LogP contribution in [0.3, 0.4) is 0 Å². The second kappa shape index (κ2) is 7.45. The maximum atomic E-state index is 9.11. The molecule has 0 aliphatic heterocycles. The summed E-state index contributed by atoms with van der Waals surface area (Å²) in [5.74, 6) is 0. The first-order valence-corrected chi connectivity index (χ1v) is 3.91. The molecule has 0 amide bonds. The highest BCUT2D eigenvalue weighted by Gasteiger charge is 2.04. The molecule has 0 aliphatic rings. The molecule has 12 heavy (non-hydrogen) atoms. The van der Waals surface area contributed by atoms with Crippen LogP contribution < -0.4 is 11.5 Å². The first kappa shape index (κ1) is 11.8. The molecule has 0 aromatic carbocycles. The van der Waals surface area contributed by atoms with Crippen molar-refractivity contribution >= 4 is 0 Å². The molecule has 0 rings (SSSR count). The summed E-state index contributed by atoms with van der Waals surface area (Å²) < 4.78 is 9.77. The standard InChI is InChI=1S/C7H18N2O3/c1-11-4-7(10)5-12-3-6(9)2-8/h6-7,10H,2-5,8-9H2,1H3. The molecule has 5 nitrogen and oxygen atoms in total. The third-order valence-electron chi connectivity index (χ3n) is 1.30. The average Bonchev–Trinajstić information content (AvgIpc) is 2.04. The minimum atomic E-state index is -0.583. The molecule has 0 saturated heterocycles. The summed E-state index contributed by atoms with van der Waals surface area (Å²) in [6, 6.07) is -0.153. The van der Waals surface area contributed by atoms with Gasteiger partial charge in [0.2, 0.25) is 0 Å². The van der Waals surface area contributed by atoms with Gasteiger partial charge in [0.1, 0.15) is 6.10 Å². The van der Waals surface area contributed by atoms with Crippen LogP contribution in [-0.2, 0) is 9.47 Å². The van der Waals surface area contributed by atoms with E-state index in [1.807, 2.05) is 0 Å². The Bertz CT molecular complexity index is 103. The van der Waals surface area contributed by atoms with E-state index in [-0.39, 0.29) is 19.3 Å². The Hall–Kier alpha value is -0.200. The molecule has 0 bridgehead atoms. The van der Waals surface area contributed by atoms with Crippen LogP contribution in [0.2, 0.25) is 0 Å². The van der Waals surface area contributed by atoms with E-state index >= 15 is 0 Å². The minimum absolute atomic E-state index is 0.153. The van der Waals surface area contributed by atoms with Crippen LogP contribution in [0.1, 0.15) is 0 Å². The number of hydrogen-bond acceptors (Lipinski definition) is 5. The number of aliphatic hydroxyl groups is 1. The molecule has 0 aromatic rings. The first-order valence-electron chi connectivity index (χ1n) is 3.91. The third-order valence-corrected chi connectivity index (χ3v) is 1.30. The molecule has 0 saturated carbocycles. The van der Waals surface area contributed by atoms with E-state index in [2.05, 4.69) is 0 Å². The number of nitrogens with two attached hydrogens (primary N) is 2. The van der Waals surface area contributed by atoms with Crippen molar-refractivity contribution in [1.29, 1.82) is 0 Å². The maximum absolute atomic E-state index is 9.11.